The Hall–Kier alpha value is -0.820. The fourth-order valence-electron chi connectivity index (χ4n) is 2.32. The summed E-state index contributed by atoms with van der Waals surface area (Å²) in [5.41, 5.74) is 5.59. The Morgan fingerprint density at radius 3 is 2.55 bits per heavy atom. The molecule has 0 aliphatic carbocycles. The topological polar surface area (TPSA) is 49.6 Å². The molecule has 1 aliphatic heterocycles. The number of hydrogen-bond donors (Lipinski definition) is 1. The van der Waals surface area contributed by atoms with Crippen LogP contribution in [-0.4, -0.2) is 61.2 Å². The fraction of sp³-hybridized carbons (Fsp3) is 0.923. The zero-order valence-corrected chi connectivity index (χ0v) is 12.0. The van der Waals surface area contributed by atoms with Crippen LogP contribution in [0.1, 0.15) is 26.2 Å². The first-order valence-electron chi connectivity index (χ1n) is 7.09. The number of halogens is 3. The van der Waals surface area contributed by atoms with Gasteiger partial charge in [-0.15, -0.1) is 0 Å². The zero-order chi connectivity index (χ0) is 15.2. The Morgan fingerprint density at radius 2 is 1.95 bits per heavy atom. The number of carbonyl (C=O) groups is 1. The lowest BCUT2D eigenvalue weighted by atomic mass is 10.1. The van der Waals surface area contributed by atoms with Crippen LogP contribution in [0.25, 0.3) is 0 Å². The second-order valence-corrected chi connectivity index (χ2v) is 5.49. The van der Waals surface area contributed by atoms with Crippen molar-refractivity contribution in [2.45, 2.75) is 32.4 Å². The van der Waals surface area contributed by atoms with Gasteiger partial charge < -0.3 is 15.5 Å². The van der Waals surface area contributed by atoms with Crippen LogP contribution in [0, 0.1) is 5.92 Å². The van der Waals surface area contributed by atoms with Gasteiger partial charge in [-0.2, -0.15) is 13.2 Å². The highest BCUT2D eigenvalue weighted by atomic mass is 19.4. The van der Waals surface area contributed by atoms with Crippen molar-refractivity contribution in [3.8, 4) is 0 Å². The highest BCUT2D eigenvalue weighted by molar-refractivity contribution is 5.76. The van der Waals surface area contributed by atoms with E-state index in [-0.39, 0.29) is 0 Å². The van der Waals surface area contributed by atoms with E-state index in [9.17, 15) is 18.0 Å². The molecule has 2 N–H and O–H groups in total. The predicted molar refractivity (Wildman–Crippen MR) is 71.1 cm³/mol. The average Bonchev–Trinajstić information content (AvgIpc) is 2.60. The maximum Gasteiger partial charge on any atom is 0.389 e. The summed E-state index contributed by atoms with van der Waals surface area (Å²) in [5.74, 6) is -0.00136. The molecule has 1 fully saturated rings. The van der Waals surface area contributed by atoms with Gasteiger partial charge in [-0.05, 0) is 25.4 Å². The number of nitrogens with two attached hydrogens (primary N) is 1. The minimum atomic E-state index is -4.26. The molecular formula is C13H24F3N3O. The molecule has 0 aromatic carbocycles. The van der Waals surface area contributed by atoms with E-state index in [1.54, 1.807) is 4.90 Å². The quantitative estimate of drug-likeness (QED) is 0.835. The van der Waals surface area contributed by atoms with Crippen molar-refractivity contribution in [2.24, 2.45) is 11.7 Å². The van der Waals surface area contributed by atoms with Crippen molar-refractivity contribution in [2.75, 3.05) is 39.3 Å². The number of hydrogen-bond acceptors (Lipinski definition) is 3. The summed E-state index contributed by atoms with van der Waals surface area (Å²) < 4.78 is 36.4. The van der Waals surface area contributed by atoms with E-state index in [2.05, 4.69) is 11.8 Å². The minimum absolute atomic E-state index is 0.391. The Labute approximate surface area is 118 Å². The Bertz CT molecular complexity index is 310. The summed E-state index contributed by atoms with van der Waals surface area (Å²) in [5, 5.41) is 0. The molecule has 0 saturated carbocycles. The van der Waals surface area contributed by atoms with Crippen LogP contribution < -0.4 is 5.73 Å². The van der Waals surface area contributed by atoms with Crippen LogP contribution in [0.3, 0.4) is 0 Å². The molecular weight excluding hydrogens is 271 g/mol. The molecule has 0 spiro atoms. The van der Waals surface area contributed by atoms with E-state index >= 15 is 0 Å². The van der Waals surface area contributed by atoms with Crippen LogP contribution in [0.15, 0.2) is 0 Å². The number of alkyl halides is 3. The van der Waals surface area contributed by atoms with Gasteiger partial charge in [0.05, 0.1) is 6.42 Å². The van der Waals surface area contributed by atoms with Gasteiger partial charge in [-0.25, -0.2) is 0 Å². The van der Waals surface area contributed by atoms with Crippen LogP contribution >= 0.6 is 0 Å². The first kappa shape index (κ1) is 17.2. The molecule has 1 rings (SSSR count). The van der Waals surface area contributed by atoms with E-state index in [4.69, 9.17) is 5.73 Å². The lowest BCUT2D eigenvalue weighted by Gasteiger charge is -2.24. The normalized spacial score (nSPS) is 19.8. The van der Waals surface area contributed by atoms with Crippen molar-refractivity contribution < 1.29 is 18.0 Å². The number of rotatable bonds is 5. The smallest absolute Gasteiger partial charge is 0.341 e. The molecule has 1 saturated heterocycles. The van der Waals surface area contributed by atoms with Crippen LogP contribution in [0.2, 0.25) is 0 Å². The monoisotopic (exact) mass is 295 g/mol. The molecule has 0 bridgehead atoms. The van der Waals surface area contributed by atoms with Crippen molar-refractivity contribution in [3.05, 3.63) is 0 Å². The van der Waals surface area contributed by atoms with Gasteiger partial charge in [0, 0.05) is 32.6 Å². The molecule has 1 atom stereocenters. The van der Waals surface area contributed by atoms with Crippen molar-refractivity contribution in [3.63, 3.8) is 0 Å². The second-order valence-electron chi connectivity index (χ2n) is 5.49. The third-order valence-electron chi connectivity index (χ3n) is 3.54. The van der Waals surface area contributed by atoms with Crippen molar-refractivity contribution in [1.29, 1.82) is 0 Å². The maximum absolute atomic E-state index is 12.1. The van der Waals surface area contributed by atoms with E-state index in [0.717, 1.165) is 19.5 Å². The molecule has 118 valence electrons. The molecule has 20 heavy (non-hydrogen) atoms. The minimum Gasteiger partial charge on any atom is -0.341 e. The van der Waals surface area contributed by atoms with Crippen molar-refractivity contribution in [1.82, 2.24) is 9.80 Å². The third-order valence-corrected chi connectivity index (χ3v) is 3.54. The Balaban J connectivity index is 2.37. The van der Waals surface area contributed by atoms with Gasteiger partial charge in [-0.3, -0.25) is 4.79 Å². The predicted octanol–water partition coefficient (Wildman–Crippen LogP) is 1.46. The highest BCUT2D eigenvalue weighted by Gasteiger charge is 2.29. The molecule has 7 heteroatoms. The number of carbonyl (C=O) groups excluding carboxylic acids is 1. The van der Waals surface area contributed by atoms with Crippen LogP contribution in [-0.2, 0) is 4.79 Å². The van der Waals surface area contributed by atoms with Gasteiger partial charge in [0.1, 0.15) is 0 Å². The third kappa shape index (κ3) is 6.56. The largest absolute Gasteiger partial charge is 0.389 e. The molecule has 1 amide bonds. The maximum atomic E-state index is 12.1. The summed E-state index contributed by atoms with van der Waals surface area (Å²) >= 11 is 0. The van der Waals surface area contributed by atoms with Crippen LogP contribution in [0.5, 0.6) is 0 Å². The van der Waals surface area contributed by atoms with E-state index in [1.165, 1.54) is 0 Å². The Kier molecular flexibility index (Phi) is 6.75. The van der Waals surface area contributed by atoms with Gasteiger partial charge in [0.2, 0.25) is 5.91 Å². The number of amides is 1. The molecule has 1 aliphatic rings. The molecule has 4 nitrogen and oxygen atoms in total. The molecule has 0 aromatic rings. The SMILES string of the molecule is CC(CN)CN1CCCN(C(=O)CCC(F)(F)F)CC1. The summed E-state index contributed by atoms with van der Waals surface area (Å²) in [6.45, 7) is 6.19. The van der Waals surface area contributed by atoms with Gasteiger partial charge in [0.25, 0.3) is 0 Å². The molecule has 0 radical (unpaired) electrons. The molecule has 1 unspecified atom stereocenters. The highest BCUT2D eigenvalue weighted by Crippen LogP contribution is 2.22. The second kappa shape index (κ2) is 7.83. The summed E-state index contributed by atoms with van der Waals surface area (Å²) in [7, 11) is 0. The van der Waals surface area contributed by atoms with E-state index in [0.29, 0.717) is 32.1 Å². The fourth-order valence-corrected chi connectivity index (χ4v) is 2.32. The van der Waals surface area contributed by atoms with Gasteiger partial charge in [0.15, 0.2) is 0 Å². The zero-order valence-electron chi connectivity index (χ0n) is 12.0. The average molecular weight is 295 g/mol. The first-order chi connectivity index (χ1) is 9.31. The van der Waals surface area contributed by atoms with Crippen molar-refractivity contribution >= 4 is 5.91 Å². The lowest BCUT2D eigenvalue weighted by Crippen LogP contribution is -2.37. The Morgan fingerprint density at radius 1 is 1.25 bits per heavy atom. The van der Waals surface area contributed by atoms with E-state index < -0.39 is 24.9 Å². The van der Waals surface area contributed by atoms with Gasteiger partial charge in [-0.1, -0.05) is 6.92 Å². The number of nitrogens with zero attached hydrogens (tertiary/aromatic N) is 2. The molecule has 1 heterocycles. The lowest BCUT2D eigenvalue weighted by molar-refractivity contribution is -0.149. The standard InChI is InChI=1S/C13H24F3N3O/c1-11(9-17)10-18-5-2-6-19(8-7-18)12(20)3-4-13(14,15)16/h11H,2-10,17H2,1H3. The molecule has 0 aromatic heterocycles. The summed E-state index contributed by atoms with van der Waals surface area (Å²) in [6.07, 6.45) is -4.93. The van der Waals surface area contributed by atoms with Crippen LogP contribution in [0.4, 0.5) is 13.2 Å². The van der Waals surface area contributed by atoms with Gasteiger partial charge >= 0.3 is 6.18 Å². The summed E-state index contributed by atoms with van der Waals surface area (Å²) in [6, 6.07) is 0. The first-order valence-corrected chi connectivity index (χ1v) is 7.09. The van der Waals surface area contributed by atoms with E-state index in [1.807, 2.05) is 0 Å². The summed E-state index contributed by atoms with van der Waals surface area (Å²) in [4.78, 5) is 15.6.